The van der Waals surface area contributed by atoms with E-state index in [9.17, 15) is 0 Å². The minimum absolute atomic E-state index is 0.907. The van der Waals surface area contributed by atoms with Crippen molar-refractivity contribution < 1.29 is 4.42 Å². The van der Waals surface area contributed by atoms with Crippen molar-refractivity contribution in [1.82, 2.24) is 0 Å². The zero-order valence-electron chi connectivity index (χ0n) is 27.7. The van der Waals surface area contributed by atoms with Gasteiger partial charge in [-0.05, 0) is 112 Å². The van der Waals surface area contributed by atoms with Gasteiger partial charge < -0.3 is 4.42 Å². The van der Waals surface area contributed by atoms with Gasteiger partial charge in [-0.3, -0.25) is 0 Å². The normalized spacial score (nSPS) is 11.9. The Labute approximate surface area is 294 Å². The second-order valence-corrected chi connectivity index (χ2v) is 13.6. The first-order valence-corrected chi connectivity index (χ1v) is 17.6. The van der Waals surface area contributed by atoms with Crippen molar-refractivity contribution in [2.45, 2.75) is 0 Å². The van der Waals surface area contributed by atoms with Crippen LogP contribution in [-0.4, -0.2) is 0 Å². The molecule has 1 heterocycles. The van der Waals surface area contributed by atoms with Crippen LogP contribution in [0.5, 0.6) is 0 Å². The Morgan fingerprint density at radius 2 is 0.863 bits per heavy atom. The van der Waals surface area contributed by atoms with Crippen molar-refractivity contribution in [2.75, 3.05) is 0 Å². The molecule has 11 rings (SSSR count). The number of rotatable bonds is 3. The molecule has 0 saturated heterocycles. The Bertz CT molecular complexity index is 3130. The van der Waals surface area contributed by atoms with E-state index in [4.69, 9.17) is 4.42 Å². The molecule has 0 bridgehead atoms. The Morgan fingerprint density at radius 3 is 1.61 bits per heavy atom. The van der Waals surface area contributed by atoms with Crippen LogP contribution < -0.4 is 0 Å². The number of fused-ring (bicyclic) bond motifs is 10. The summed E-state index contributed by atoms with van der Waals surface area (Å²) < 4.78 is 6.58. The SMILES string of the molecule is c1ccc(-c2cccc3c2cc(-c2c4ccccc4c(-c4ccc5c(c4)oc4ccc6ccccc6c45)c4ccccc24)c2ccccc23)cc1. The molecule has 0 atom stereocenters. The molecular weight excluding hydrogens is 617 g/mol. The molecule has 11 aromatic rings. The van der Waals surface area contributed by atoms with Crippen molar-refractivity contribution in [2.24, 2.45) is 0 Å². The smallest absolute Gasteiger partial charge is 0.136 e. The third kappa shape index (κ3) is 4.16. The van der Waals surface area contributed by atoms with Gasteiger partial charge in [0.1, 0.15) is 11.2 Å². The van der Waals surface area contributed by atoms with Gasteiger partial charge in [-0.1, -0.05) is 158 Å². The van der Waals surface area contributed by atoms with Gasteiger partial charge in [0.25, 0.3) is 0 Å². The molecule has 1 heteroatoms. The van der Waals surface area contributed by atoms with Gasteiger partial charge in [0.15, 0.2) is 0 Å². The minimum Gasteiger partial charge on any atom is -0.456 e. The Kier molecular flexibility index (Phi) is 6.02. The second-order valence-electron chi connectivity index (χ2n) is 13.6. The number of hydrogen-bond donors (Lipinski definition) is 0. The van der Waals surface area contributed by atoms with Crippen LogP contribution in [0, 0.1) is 0 Å². The Hall–Kier alpha value is -6.70. The van der Waals surface area contributed by atoms with Crippen molar-refractivity contribution in [3.8, 4) is 33.4 Å². The lowest BCUT2D eigenvalue weighted by Crippen LogP contribution is -1.93. The quantitative estimate of drug-likeness (QED) is 0.138. The average molecular weight is 647 g/mol. The first kappa shape index (κ1) is 28.2. The molecule has 51 heavy (non-hydrogen) atoms. The maximum absolute atomic E-state index is 6.58. The highest BCUT2D eigenvalue weighted by atomic mass is 16.3. The van der Waals surface area contributed by atoms with E-state index < -0.39 is 0 Å². The Balaban J connectivity index is 1.23. The second kappa shape index (κ2) is 10.9. The van der Waals surface area contributed by atoms with Crippen LogP contribution in [0.3, 0.4) is 0 Å². The van der Waals surface area contributed by atoms with E-state index in [1.54, 1.807) is 0 Å². The van der Waals surface area contributed by atoms with E-state index >= 15 is 0 Å². The summed E-state index contributed by atoms with van der Waals surface area (Å²) in [5.74, 6) is 0. The highest BCUT2D eigenvalue weighted by Gasteiger charge is 2.21. The summed E-state index contributed by atoms with van der Waals surface area (Å²) in [7, 11) is 0. The summed E-state index contributed by atoms with van der Waals surface area (Å²) in [5, 5.41) is 14.8. The first-order valence-electron chi connectivity index (χ1n) is 17.6. The molecule has 0 spiro atoms. The highest BCUT2D eigenvalue weighted by Crippen LogP contribution is 2.48. The molecular formula is C50H30O. The van der Waals surface area contributed by atoms with Gasteiger partial charge in [0, 0.05) is 10.8 Å². The number of furan rings is 1. The topological polar surface area (TPSA) is 13.1 Å². The molecule has 0 aliphatic carbocycles. The van der Waals surface area contributed by atoms with Gasteiger partial charge in [0.05, 0.1) is 0 Å². The van der Waals surface area contributed by atoms with Crippen LogP contribution in [0.25, 0.3) is 109 Å². The number of hydrogen-bond acceptors (Lipinski definition) is 1. The average Bonchev–Trinajstić information content (AvgIpc) is 3.58. The predicted molar refractivity (Wildman–Crippen MR) is 218 cm³/mol. The number of benzene rings is 10. The van der Waals surface area contributed by atoms with Crippen LogP contribution in [0.4, 0.5) is 0 Å². The third-order valence-electron chi connectivity index (χ3n) is 10.8. The van der Waals surface area contributed by atoms with Crippen LogP contribution in [0.2, 0.25) is 0 Å². The van der Waals surface area contributed by atoms with Gasteiger partial charge in [0.2, 0.25) is 0 Å². The van der Waals surface area contributed by atoms with Crippen LogP contribution in [0.1, 0.15) is 0 Å². The molecule has 0 saturated carbocycles. The molecule has 0 unspecified atom stereocenters. The molecule has 0 radical (unpaired) electrons. The summed E-state index contributed by atoms with van der Waals surface area (Å²) in [6, 6.07) is 66.3. The summed E-state index contributed by atoms with van der Waals surface area (Å²) >= 11 is 0. The summed E-state index contributed by atoms with van der Waals surface area (Å²) in [6.45, 7) is 0. The lowest BCUT2D eigenvalue weighted by atomic mass is 9.83. The van der Waals surface area contributed by atoms with Crippen LogP contribution in [0.15, 0.2) is 186 Å². The van der Waals surface area contributed by atoms with Gasteiger partial charge in [-0.15, -0.1) is 0 Å². The third-order valence-corrected chi connectivity index (χ3v) is 10.8. The van der Waals surface area contributed by atoms with Crippen LogP contribution >= 0.6 is 0 Å². The fraction of sp³-hybridized carbons (Fsp3) is 0. The van der Waals surface area contributed by atoms with Gasteiger partial charge >= 0.3 is 0 Å². The fourth-order valence-electron chi connectivity index (χ4n) is 8.64. The minimum atomic E-state index is 0.907. The maximum atomic E-state index is 6.58. The van der Waals surface area contributed by atoms with Gasteiger partial charge in [-0.25, -0.2) is 0 Å². The molecule has 0 fully saturated rings. The first-order chi connectivity index (χ1) is 25.3. The van der Waals surface area contributed by atoms with E-state index in [0.717, 1.165) is 22.1 Å². The van der Waals surface area contributed by atoms with Crippen molar-refractivity contribution in [3.63, 3.8) is 0 Å². The van der Waals surface area contributed by atoms with E-state index in [1.807, 2.05) is 0 Å². The highest BCUT2D eigenvalue weighted by molar-refractivity contribution is 6.27. The standard InChI is InChI=1S/C50H30O/c1-2-13-31(14-3-1)34-23-12-24-37-36-17-6-7-18-38(36)45(30-44(34)37)49-41-21-10-8-19-39(41)48(40-20-9-11-22-42(40)49)33-25-27-43-47(29-33)51-46-28-26-32-15-4-5-16-35(32)50(43)46/h1-30H. The molecule has 10 aromatic carbocycles. The van der Waals surface area contributed by atoms with Crippen molar-refractivity contribution >= 4 is 75.8 Å². The van der Waals surface area contributed by atoms with E-state index in [-0.39, 0.29) is 0 Å². The summed E-state index contributed by atoms with van der Waals surface area (Å²) in [4.78, 5) is 0. The summed E-state index contributed by atoms with van der Waals surface area (Å²) in [6.07, 6.45) is 0. The lowest BCUT2D eigenvalue weighted by Gasteiger charge is -2.20. The summed E-state index contributed by atoms with van der Waals surface area (Å²) in [5.41, 5.74) is 9.20. The molecule has 0 amide bonds. The zero-order chi connectivity index (χ0) is 33.5. The van der Waals surface area contributed by atoms with E-state index in [2.05, 4.69) is 182 Å². The molecule has 0 aliphatic heterocycles. The molecule has 1 nitrogen and oxygen atoms in total. The van der Waals surface area contributed by atoms with Crippen LogP contribution in [-0.2, 0) is 0 Å². The molecule has 0 aliphatic rings. The predicted octanol–water partition coefficient (Wildman–Crippen LogP) is 14.4. The van der Waals surface area contributed by atoms with E-state index in [1.165, 1.54) is 87.1 Å². The maximum Gasteiger partial charge on any atom is 0.136 e. The largest absolute Gasteiger partial charge is 0.456 e. The van der Waals surface area contributed by atoms with Crippen molar-refractivity contribution in [3.05, 3.63) is 182 Å². The monoisotopic (exact) mass is 646 g/mol. The molecule has 1 aromatic heterocycles. The van der Waals surface area contributed by atoms with Gasteiger partial charge in [-0.2, -0.15) is 0 Å². The Morgan fingerprint density at radius 1 is 0.275 bits per heavy atom. The molecule has 236 valence electrons. The van der Waals surface area contributed by atoms with E-state index in [0.29, 0.717) is 0 Å². The zero-order valence-corrected chi connectivity index (χ0v) is 27.7. The fourth-order valence-corrected chi connectivity index (χ4v) is 8.64. The van der Waals surface area contributed by atoms with Crippen molar-refractivity contribution in [1.29, 1.82) is 0 Å². The molecule has 0 N–H and O–H groups in total. The lowest BCUT2D eigenvalue weighted by molar-refractivity contribution is 0.669.